The van der Waals surface area contributed by atoms with Crippen LogP contribution < -0.4 is 16.4 Å². The first-order valence-electron chi connectivity index (χ1n) is 11.9. The highest BCUT2D eigenvalue weighted by atomic mass is 16.3. The summed E-state index contributed by atoms with van der Waals surface area (Å²) < 4.78 is 0. The molecule has 4 atom stereocenters. The third-order valence-electron chi connectivity index (χ3n) is 6.15. The number of benzene rings is 1. The number of unbranched alkanes of at least 4 members (excludes halogenated alkanes) is 1. The molecule has 0 aromatic heterocycles. The lowest BCUT2D eigenvalue weighted by Gasteiger charge is -2.30. The number of para-hydroxylation sites is 1. The number of aromatic hydroxyl groups is 1. The second kappa shape index (κ2) is 14.1. The summed E-state index contributed by atoms with van der Waals surface area (Å²) in [6, 6.07) is 5.91. The van der Waals surface area contributed by atoms with Gasteiger partial charge >= 0.3 is 0 Å². The second-order valence-corrected chi connectivity index (χ2v) is 9.43. The number of aliphatic hydroxyl groups is 1. The molecule has 7 nitrogen and oxygen atoms in total. The molecule has 182 valence electrons. The van der Waals surface area contributed by atoms with E-state index in [0.29, 0.717) is 25.9 Å². The molecular formula is C25H43N3O4. The fourth-order valence-electron chi connectivity index (χ4n) is 3.72. The molecule has 0 bridgehead atoms. The smallest absolute Gasteiger partial charge is 0.255 e. The number of hydrogen-bond donors (Lipinski definition) is 5. The van der Waals surface area contributed by atoms with Gasteiger partial charge in [-0.1, -0.05) is 53.2 Å². The predicted molar refractivity (Wildman–Crippen MR) is 128 cm³/mol. The van der Waals surface area contributed by atoms with Crippen LogP contribution in [-0.2, 0) is 4.79 Å². The number of carbonyl (C=O) groups is 2. The van der Waals surface area contributed by atoms with Gasteiger partial charge in [-0.3, -0.25) is 9.59 Å². The van der Waals surface area contributed by atoms with Gasteiger partial charge in [0, 0.05) is 25.0 Å². The summed E-state index contributed by atoms with van der Waals surface area (Å²) in [6.45, 7) is 11.2. The number of nitrogens with two attached hydrogens (primary N) is 1. The van der Waals surface area contributed by atoms with Crippen molar-refractivity contribution < 1.29 is 19.8 Å². The summed E-state index contributed by atoms with van der Waals surface area (Å²) in [7, 11) is 0. The topological polar surface area (TPSA) is 125 Å². The zero-order valence-electron chi connectivity index (χ0n) is 20.3. The highest BCUT2D eigenvalue weighted by Crippen LogP contribution is 2.23. The molecule has 0 aliphatic rings. The fourth-order valence-corrected chi connectivity index (χ4v) is 3.72. The van der Waals surface area contributed by atoms with Crippen molar-refractivity contribution in [1.29, 1.82) is 0 Å². The minimum Gasteiger partial charge on any atom is -0.507 e. The molecule has 0 aliphatic carbocycles. The Hall–Kier alpha value is -2.12. The van der Waals surface area contributed by atoms with Crippen molar-refractivity contribution in [2.75, 3.05) is 13.1 Å². The largest absolute Gasteiger partial charge is 0.507 e. The molecule has 6 N–H and O–H groups in total. The van der Waals surface area contributed by atoms with Crippen molar-refractivity contribution in [2.24, 2.45) is 29.4 Å². The zero-order chi connectivity index (χ0) is 24.3. The molecule has 0 saturated carbocycles. The van der Waals surface area contributed by atoms with Crippen molar-refractivity contribution in [2.45, 2.75) is 72.4 Å². The average Bonchev–Trinajstić information content (AvgIpc) is 2.74. The summed E-state index contributed by atoms with van der Waals surface area (Å²) >= 11 is 0. The Morgan fingerprint density at radius 3 is 2.25 bits per heavy atom. The molecule has 0 fully saturated rings. The zero-order valence-corrected chi connectivity index (χ0v) is 20.3. The van der Waals surface area contributed by atoms with Gasteiger partial charge in [0.15, 0.2) is 0 Å². The number of phenolic OH excluding ortho intramolecular Hbond substituents is 1. The van der Waals surface area contributed by atoms with Crippen LogP contribution in [0.4, 0.5) is 0 Å². The molecule has 7 heteroatoms. The Morgan fingerprint density at radius 2 is 1.69 bits per heavy atom. The van der Waals surface area contributed by atoms with E-state index in [0.717, 1.165) is 12.8 Å². The molecular weight excluding hydrogens is 406 g/mol. The third-order valence-corrected chi connectivity index (χ3v) is 6.15. The molecule has 0 saturated heterocycles. The summed E-state index contributed by atoms with van der Waals surface area (Å²) in [5.74, 6) is -0.360. The lowest BCUT2D eigenvalue weighted by molar-refractivity contribution is -0.127. The second-order valence-electron chi connectivity index (χ2n) is 9.43. The molecule has 0 spiro atoms. The monoisotopic (exact) mass is 449 g/mol. The number of hydrogen-bond acceptors (Lipinski definition) is 5. The first kappa shape index (κ1) is 27.9. The Bertz CT molecular complexity index is 708. The van der Waals surface area contributed by atoms with E-state index in [1.807, 2.05) is 27.7 Å². The highest BCUT2D eigenvalue weighted by Gasteiger charge is 2.29. The normalized spacial score (nSPS) is 15.3. The van der Waals surface area contributed by atoms with Crippen molar-refractivity contribution in [3.8, 4) is 5.75 Å². The minimum absolute atomic E-state index is 0.0324. The number of aliphatic hydroxyl groups excluding tert-OH is 1. The van der Waals surface area contributed by atoms with E-state index in [4.69, 9.17) is 5.73 Å². The Kier molecular flexibility index (Phi) is 12.3. The van der Waals surface area contributed by atoms with Crippen LogP contribution in [0.2, 0.25) is 0 Å². The van der Waals surface area contributed by atoms with Crippen molar-refractivity contribution >= 4 is 11.8 Å². The van der Waals surface area contributed by atoms with Gasteiger partial charge in [0.25, 0.3) is 5.91 Å². The predicted octanol–water partition coefficient (Wildman–Crippen LogP) is 3.05. The van der Waals surface area contributed by atoms with Gasteiger partial charge in [0.2, 0.25) is 5.91 Å². The highest BCUT2D eigenvalue weighted by molar-refractivity contribution is 5.96. The minimum atomic E-state index is -0.811. The third kappa shape index (κ3) is 9.17. The van der Waals surface area contributed by atoms with Gasteiger partial charge in [-0.2, -0.15) is 0 Å². The van der Waals surface area contributed by atoms with E-state index in [2.05, 4.69) is 17.6 Å². The van der Waals surface area contributed by atoms with Crippen LogP contribution >= 0.6 is 0 Å². The quantitative estimate of drug-likeness (QED) is 0.279. The average molecular weight is 450 g/mol. The maximum atomic E-state index is 12.6. The van der Waals surface area contributed by atoms with Crippen molar-refractivity contribution in [3.05, 3.63) is 29.8 Å². The van der Waals surface area contributed by atoms with E-state index >= 15 is 0 Å². The van der Waals surface area contributed by atoms with Crippen LogP contribution in [0.25, 0.3) is 0 Å². The molecule has 0 heterocycles. The SMILES string of the molecule is CCCCNC(=O)[C@H](C[C@H](O)[C@@H](N)C[C@H](CNC(=O)c1ccccc1O)C(C)C)C(C)C. The van der Waals surface area contributed by atoms with Gasteiger partial charge < -0.3 is 26.6 Å². The number of nitrogens with one attached hydrogen (secondary N) is 2. The molecule has 0 unspecified atom stereocenters. The maximum absolute atomic E-state index is 12.6. The Labute approximate surface area is 193 Å². The van der Waals surface area contributed by atoms with E-state index in [1.54, 1.807) is 18.2 Å². The van der Waals surface area contributed by atoms with Gasteiger partial charge in [0.1, 0.15) is 5.75 Å². The van der Waals surface area contributed by atoms with Crippen LogP contribution in [-0.4, -0.2) is 47.3 Å². The Morgan fingerprint density at radius 1 is 1.03 bits per heavy atom. The van der Waals surface area contributed by atoms with E-state index < -0.39 is 12.1 Å². The van der Waals surface area contributed by atoms with Gasteiger partial charge in [-0.25, -0.2) is 0 Å². The summed E-state index contributed by atoms with van der Waals surface area (Å²) in [4.78, 5) is 25.0. The summed E-state index contributed by atoms with van der Waals surface area (Å²) in [6.07, 6.45) is 1.96. The number of amides is 2. The lowest BCUT2D eigenvalue weighted by Crippen LogP contribution is -2.44. The van der Waals surface area contributed by atoms with Gasteiger partial charge in [0.05, 0.1) is 11.7 Å². The molecule has 32 heavy (non-hydrogen) atoms. The van der Waals surface area contributed by atoms with E-state index in [1.165, 1.54) is 6.07 Å². The van der Waals surface area contributed by atoms with Crippen molar-refractivity contribution in [1.82, 2.24) is 10.6 Å². The van der Waals surface area contributed by atoms with E-state index in [9.17, 15) is 19.8 Å². The van der Waals surface area contributed by atoms with Gasteiger partial charge in [-0.05, 0) is 49.1 Å². The summed E-state index contributed by atoms with van der Waals surface area (Å²) in [5, 5.41) is 26.5. The van der Waals surface area contributed by atoms with E-state index in [-0.39, 0.29) is 46.8 Å². The summed E-state index contributed by atoms with van der Waals surface area (Å²) in [5.41, 5.74) is 6.56. The number of rotatable bonds is 14. The van der Waals surface area contributed by atoms with Crippen LogP contribution in [0.3, 0.4) is 0 Å². The van der Waals surface area contributed by atoms with Crippen LogP contribution in [0.15, 0.2) is 24.3 Å². The lowest BCUT2D eigenvalue weighted by atomic mass is 9.83. The van der Waals surface area contributed by atoms with Crippen LogP contribution in [0.5, 0.6) is 5.75 Å². The molecule has 1 aromatic rings. The maximum Gasteiger partial charge on any atom is 0.255 e. The van der Waals surface area contributed by atoms with Crippen molar-refractivity contribution in [3.63, 3.8) is 0 Å². The molecule has 1 aromatic carbocycles. The molecule has 0 aliphatic heterocycles. The van der Waals surface area contributed by atoms with Crippen LogP contribution in [0.1, 0.15) is 70.7 Å². The van der Waals surface area contributed by atoms with Gasteiger partial charge in [-0.15, -0.1) is 0 Å². The first-order valence-corrected chi connectivity index (χ1v) is 11.9. The Balaban J connectivity index is 2.67. The first-order chi connectivity index (χ1) is 15.1. The number of carbonyl (C=O) groups excluding carboxylic acids is 2. The van der Waals surface area contributed by atoms with Crippen LogP contribution in [0, 0.1) is 23.7 Å². The standard InChI is InChI=1S/C25H43N3O4/c1-6-7-12-27-25(32)20(17(4)5)14-23(30)21(26)13-18(16(2)3)15-28-24(31)19-10-8-9-11-22(19)29/h8-11,16-18,20-21,23,29-30H,6-7,12-15,26H2,1-5H3,(H,27,32)(H,28,31)/t18-,20-,21+,23+/m1/s1. The fraction of sp³-hybridized carbons (Fsp3) is 0.680. The molecule has 0 radical (unpaired) electrons. The molecule has 1 rings (SSSR count). The molecule has 2 amide bonds. The number of phenols is 1.